The van der Waals surface area contributed by atoms with E-state index in [9.17, 15) is 22.4 Å². The van der Waals surface area contributed by atoms with Gasteiger partial charge in [-0.25, -0.2) is 4.39 Å². The van der Waals surface area contributed by atoms with Crippen molar-refractivity contribution in [3.8, 4) is 0 Å². The first-order chi connectivity index (χ1) is 10.3. The lowest BCUT2D eigenvalue weighted by molar-refractivity contribution is -0.140. The second-order valence-corrected chi connectivity index (χ2v) is 5.39. The number of nitrogens with one attached hydrogen (secondary N) is 2. The van der Waals surface area contributed by atoms with E-state index in [2.05, 4.69) is 15.6 Å². The number of piperidine rings is 1. The fraction of sp³-hybridized carbons (Fsp3) is 0.429. The number of hydrogen-bond donors (Lipinski definition) is 2. The molecule has 0 radical (unpaired) electrons. The largest absolute Gasteiger partial charge is 0.419 e. The van der Waals surface area contributed by atoms with E-state index in [1.54, 1.807) is 0 Å². The number of carbonyl (C=O) groups is 1. The third-order valence-corrected chi connectivity index (χ3v) is 3.96. The minimum atomic E-state index is -4.80. The first-order valence-electron chi connectivity index (χ1n) is 6.81. The number of rotatable bonds is 1. The molecule has 1 aromatic carbocycles. The molecule has 2 aliphatic rings. The molecule has 2 N–H and O–H groups in total. The summed E-state index contributed by atoms with van der Waals surface area (Å²) in [6.07, 6.45) is -3.83. The zero-order valence-corrected chi connectivity index (χ0v) is 11.4. The van der Waals surface area contributed by atoms with E-state index >= 15 is 0 Å². The standard InChI is InChI=1S/C14H13F4N3O/c15-10-2-1-8(7-9(10)14(16,17)18)11-20-12(22)13(21-11)3-5-19-6-4-13/h1-2,7,19H,3-6H2,(H,20,21,22). The van der Waals surface area contributed by atoms with Crippen molar-refractivity contribution in [1.82, 2.24) is 10.6 Å². The van der Waals surface area contributed by atoms with Gasteiger partial charge in [0.2, 0.25) is 0 Å². The molecule has 1 fully saturated rings. The van der Waals surface area contributed by atoms with Gasteiger partial charge in [0.25, 0.3) is 5.91 Å². The molecule has 8 heteroatoms. The number of amides is 1. The Morgan fingerprint density at radius 1 is 1.18 bits per heavy atom. The minimum absolute atomic E-state index is 0.0532. The number of benzene rings is 1. The van der Waals surface area contributed by atoms with Crippen molar-refractivity contribution < 1.29 is 22.4 Å². The van der Waals surface area contributed by atoms with Crippen molar-refractivity contribution in [1.29, 1.82) is 0 Å². The van der Waals surface area contributed by atoms with E-state index in [0.717, 1.165) is 6.07 Å². The van der Waals surface area contributed by atoms with Crippen LogP contribution in [-0.2, 0) is 11.0 Å². The van der Waals surface area contributed by atoms with Gasteiger partial charge in [0.15, 0.2) is 0 Å². The number of alkyl halides is 3. The van der Waals surface area contributed by atoms with Crippen LogP contribution in [0.3, 0.4) is 0 Å². The molecule has 0 aliphatic carbocycles. The smallest absolute Gasteiger partial charge is 0.317 e. The Labute approximate surface area is 123 Å². The van der Waals surface area contributed by atoms with E-state index in [1.165, 1.54) is 6.07 Å². The molecule has 1 saturated heterocycles. The SMILES string of the molecule is O=C1NC(c2ccc(F)c(C(F)(F)F)c2)=NC12CCNCC2. The topological polar surface area (TPSA) is 53.5 Å². The lowest BCUT2D eigenvalue weighted by Crippen LogP contribution is -2.47. The molecular formula is C14H13F4N3O. The number of nitrogens with zero attached hydrogens (tertiary/aromatic N) is 1. The van der Waals surface area contributed by atoms with Gasteiger partial charge in [-0.3, -0.25) is 9.79 Å². The second kappa shape index (κ2) is 5.05. The number of hydrogen-bond acceptors (Lipinski definition) is 3. The molecule has 1 amide bonds. The maximum Gasteiger partial charge on any atom is 0.419 e. The van der Waals surface area contributed by atoms with E-state index in [0.29, 0.717) is 32.0 Å². The molecule has 3 rings (SSSR count). The van der Waals surface area contributed by atoms with Crippen molar-refractivity contribution in [2.75, 3.05) is 13.1 Å². The molecule has 0 bridgehead atoms. The maximum absolute atomic E-state index is 13.3. The molecule has 0 saturated carbocycles. The van der Waals surface area contributed by atoms with Gasteiger partial charge in [0.1, 0.15) is 17.2 Å². The van der Waals surface area contributed by atoms with Crippen LogP contribution < -0.4 is 10.6 Å². The molecule has 4 nitrogen and oxygen atoms in total. The molecule has 118 valence electrons. The number of amidine groups is 1. The average Bonchev–Trinajstić information content (AvgIpc) is 2.76. The number of halogens is 4. The predicted octanol–water partition coefficient (Wildman–Crippen LogP) is 1.84. The minimum Gasteiger partial charge on any atom is -0.317 e. The summed E-state index contributed by atoms with van der Waals surface area (Å²) in [5, 5.41) is 5.62. The molecular weight excluding hydrogens is 302 g/mol. The van der Waals surface area contributed by atoms with Crippen molar-refractivity contribution in [3.63, 3.8) is 0 Å². The molecule has 1 spiro atoms. The molecule has 0 unspecified atom stereocenters. The van der Waals surface area contributed by atoms with Gasteiger partial charge in [0, 0.05) is 5.56 Å². The number of aliphatic imine (C=N–C) groups is 1. The van der Waals surface area contributed by atoms with Gasteiger partial charge < -0.3 is 10.6 Å². The van der Waals surface area contributed by atoms with Crippen molar-refractivity contribution in [2.24, 2.45) is 4.99 Å². The van der Waals surface area contributed by atoms with Crippen molar-refractivity contribution in [3.05, 3.63) is 35.1 Å². The monoisotopic (exact) mass is 315 g/mol. The van der Waals surface area contributed by atoms with Gasteiger partial charge in [-0.15, -0.1) is 0 Å². The molecule has 22 heavy (non-hydrogen) atoms. The van der Waals surface area contributed by atoms with Gasteiger partial charge in [0.05, 0.1) is 5.56 Å². The van der Waals surface area contributed by atoms with Crippen LogP contribution in [0.15, 0.2) is 23.2 Å². The highest BCUT2D eigenvalue weighted by atomic mass is 19.4. The summed E-state index contributed by atoms with van der Waals surface area (Å²) in [6, 6.07) is 2.60. The Morgan fingerprint density at radius 3 is 2.50 bits per heavy atom. The van der Waals surface area contributed by atoms with Crippen LogP contribution in [0.4, 0.5) is 17.6 Å². The summed E-state index contributed by atoms with van der Waals surface area (Å²) in [6.45, 7) is 1.23. The Balaban J connectivity index is 1.98. The second-order valence-electron chi connectivity index (χ2n) is 5.39. The zero-order chi connectivity index (χ0) is 16.0. The zero-order valence-electron chi connectivity index (χ0n) is 11.4. The molecule has 0 aromatic heterocycles. The fourth-order valence-electron chi connectivity index (χ4n) is 2.72. The van der Waals surface area contributed by atoms with Crippen LogP contribution in [0.1, 0.15) is 24.0 Å². The van der Waals surface area contributed by atoms with Gasteiger partial charge in [-0.1, -0.05) is 0 Å². The Hall–Kier alpha value is -1.96. The first-order valence-corrected chi connectivity index (χ1v) is 6.81. The van der Waals surface area contributed by atoms with Gasteiger partial charge in [-0.05, 0) is 44.1 Å². The van der Waals surface area contributed by atoms with E-state index in [4.69, 9.17) is 0 Å². The molecule has 2 aliphatic heterocycles. The highest BCUT2D eigenvalue weighted by Crippen LogP contribution is 2.33. The van der Waals surface area contributed by atoms with E-state index < -0.39 is 23.1 Å². The van der Waals surface area contributed by atoms with E-state index in [1.807, 2.05) is 0 Å². The Bertz CT molecular complexity index is 648. The van der Waals surface area contributed by atoms with Gasteiger partial charge >= 0.3 is 6.18 Å². The summed E-state index contributed by atoms with van der Waals surface area (Å²) in [7, 11) is 0. The average molecular weight is 315 g/mol. The third kappa shape index (κ3) is 2.47. The third-order valence-electron chi connectivity index (χ3n) is 3.96. The van der Waals surface area contributed by atoms with Crippen molar-refractivity contribution >= 4 is 11.7 Å². The highest BCUT2D eigenvalue weighted by Gasteiger charge is 2.44. The van der Waals surface area contributed by atoms with Crippen LogP contribution in [0.25, 0.3) is 0 Å². The quantitative estimate of drug-likeness (QED) is 0.777. The summed E-state index contributed by atoms with van der Waals surface area (Å²) < 4.78 is 51.6. The van der Waals surface area contributed by atoms with Crippen LogP contribution in [0, 0.1) is 5.82 Å². The first kappa shape index (κ1) is 15.0. The summed E-state index contributed by atoms with van der Waals surface area (Å²) in [4.78, 5) is 16.4. The number of carbonyl (C=O) groups excluding carboxylic acids is 1. The van der Waals surface area contributed by atoms with Crippen LogP contribution in [-0.4, -0.2) is 30.4 Å². The summed E-state index contributed by atoms with van der Waals surface area (Å²) in [5.74, 6) is -1.60. The van der Waals surface area contributed by atoms with Crippen molar-refractivity contribution in [2.45, 2.75) is 24.6 Å². The van der Waals surface area contributed by atoms with Crippen LogP contribution in [0.2, 0.25) is 0 Å². The summed E-state index contributed by atoms with van der Waals surface area (Å²) >= 11 is 0. The molecule has 1 aromatic rings. The Kier molecular flexibility index (Phi) is 3.43. The lowest BCUT2D eigenvalue weighted by Gasteiger charge is -2.28. The predicted molar refractivity (Wildman–Crippen MR) is 70.9 cm³/mol. The lowest BCUT2D eigenvalue weighted by atomic mass is 9.89. The molecule has 2 heterocycles. The maximum atomic E-state index is 13.3. The van der Waals surface area contributed by atoms with Crippen LogP contribution >= 0.6 is 0 Å². The summed E-state index contributed by atoms with van der Waals surface area (Å²) in [5.41, 5.74) is -2.24. The van der Waals surface area contributed by atoms with E-state index in [-0.39, 0.29) is 17.3 Å². The highest BCUT2D eigenvalue weighted by molar-refractivity contribution is 6.15. The normalized spacial score (nSPS) is 20.9. The van der Waals surface area contributed by atoms with Crippen LogP contribution in [0.5, 0.6) is 0 Å². The fourth-order valence-corrected chi connectivity index (χ4v) is 2.72. The Morgan fingerprint density at radius 2 is 1.86 bits per heavy atom. The molecule has 0 atom stereocenters. The van der Waals surface area contributed by atoms with Gasteiger partial charge in [-0.2, -0.15) is 13.2 Å².